The van der Waals surface area contributed by atoms with Gasteiger partial charge in [-0.15, -0.1) is 0 Å². The summed E-state index contributed by atoms with van der Waals surface area (Å²) in [4.78, 5) is 23.9. The smallest absolute Gasteiger partial charge is 0.339 e. The zero-order chi connectivity index (χ0) is 30.1. The highest BCUT2D eigenvalue weighted by atomic mass is 32.2. The van der Waals surface area contributed by atoms with E-state index in [1.165, 1.54) is 0 Å². The topological polar surface area (TPSA) is 149 Å². The molecule has 0 radical (unpaired) electrons. The van der Waals surface area contributed by atoms with Crippen molar-refractivity contribution in [2.45, 2.75) is 25.0 Å². The van der Waals surface area contributed by atoms with E-state index >= 15 is 0 Å². The van der Waals surface area contributed by atoms with Gasteiger partial charge in [0.15, 0.2) is 13.2 Å². The fourth-order valence-electron chi connectivity index (χ4n) is 3.06. The van der Waals surface area contributed by atoms with Gasteiger partial charge in [0, 0.05) is 12.8 Å². The maximum Gasteiger partial charge on any atom is 0.339 e. The van der Waals surface area contributed by atoms with Crippen LogP contribution in [0.1, 0.15) is 33.6 Å². The van der Waals surface area contributed by atoms with Crippen molar-refractivity contribution in [3.05, 3.63) is 71.8 Å². The van der Waals surface area contributed by atoms with Crippen molar-refractivity contribution in [3.8, 4) is 23.7 Å². The van der Waals surface area contributed by atoms with Crippen molar-refractivity contribution in [3.63, 3.8) is 0 Å². The molecule has 0 amide bonds. The van der Waals surface area contributed by atoms with Gasteiger partial charge in [0.1, 0.15) is 12.2 Å². The summed E-state index contributed by atoms with van der Waals surface area (Å²) < 4.78 is 72.1. The van der Waals surface area contributed by atoms with E-state index in [1.54, 1.807) is 60.7 Å². The summed E-state index contributed by atoms with van der Waals surface area (Å²) in [5.41, 5.74) is 0.731. The molecule has 0 saturated carbocycles. The summed E-state index contributed by atoms with van der Waals surface area (Å²) in [6.45, 7) is -0.970. The predicted molar refractivity (Wildman–Crippen MR) is 148 cm³/mol. The van der Waals surface area contributed by atoms with Crippen LogP contribution in [0.15, 0.2) is 60.7 Å². The molecule has 0 spiro atoms. The Balaban J connectivity index is 1.86. The summed E-state index contributed by atoms with van der Waals surface area (Å²) in [5.74, 6) is 9.46. The van der Waals surface area contributed by atoms with E-state index in [4.69, 9.17) is 22.6 Å². The first kappa shape index (κ1) is 33.5. The Kier molecular flexibility index (Phi) is 14.0. The van der Waals surface area contributed by atoms with Crippen LogP contribution in [-0.4, -0.2) is 79.9 Å². The summed E-state index contributed by atoms with van der Waals surface area (Å²) in [6, 6.07) is 16.7. The standard InChI is InChI=1S/C28H30O11S2/c1-40(31,32)38-25(17-9-11-19-36-27(29)23-13-5-3-6-14-23)21-35-22-26(39-41(2,33)34)18-10-12-20-37-28(30)24-15-7-4-8-16-24/h3-8,13-16,25-26H,17-22H2,1-2H3. The monoisotopic (exact) mass is 606 g/mol. The number of hydrogen-bond donors (Lipinski definition) is 0. The fraction of sp³-hybridized carbons (Fsp3) is 0.357. The van der Waals surface area contributed by atoms with Crippen molar-refractivity contribution in [1.29, 1.82) is 0 Å². The minimum absolute atomic E-state index is 0.0832. The summed E-state index contributed by atoms with van der Waals surface area (Å²) in [5, 5.41) is 0. The van der Waals surface area contributed by atoms with Gasteiger partial charge in [-0.2, -0.15) is 16.8 Å². The molecule has 41 heavy (non-hydrogen) atoms. The molecule has 2 rings (SSSR count). The Bertz CT molecular complexity index is 1350. The molecule has 0 heterocycles. The molecule has 2 aromatic carbocycles. The molecule has 11 nitrogen and oxygen atoms in total. The fourth-order valence-corrected chi connectivity index (χ4v) is 4.30. The van der Waals surface area contributed by atoms with Gasteiger partial charge in [0.25, 0.3) is 20.2 Å². The van der Waals surface area contributed by atoms with Gasteiger partial charge in [-0.05, 0) is 24.3 Å². The summed E-state index contributed by atoms with van der Waals surface area (Å²) in [6.07, 6.45) is -0.481. The van der Waals surface area contributed by atoms with Crippen LogP contribution in [0, 0.1) is 23.7 Å². The van der Waals surface area contributed by atoms with Crippen molar-refractivity contribution in [2.24, 2.45) is 0 Å². The lowest BCUT2D eigenvalue weighted by molar-refractivity contribution is 0.0154. The molecule has 2 unspecified atom stereocenters. The lowest BCUT2D eigenvalue weighted by Crippen LogP contribution is -2.28. The van der Waals surface area contributed by atoms with E-state index in [-0.39, 0.29) is 39.3 Å². The normalized spacial score (nSPS) is 12.5. The second-order valence-electron chi connectivity index (χ2n) is 8.38. The maximum atomic E-state index is 11.9. The second kappa shape index (κ2) is 17.2. The minimum atomic E-state index is -3.87. The quantitative estimate of drug-likeness (QED) is 0.177. The molecular formula is C28H30O11S2. The summed E-state index contributed by atoms with van der Waals surface area (Å²) in [7, 11) is -7.73. The first-order valence-corrected chi connectivity index (χ1v) is 15.8. The van der Waals surface area contributed by atoms with Gasteiger partial charge in [-0.3, -0.25) is 8.37 Å². The Morgan fingerprint density at radius 2 is 1.00 bits per heavy atom. The van der Waals surface area contributed by atoms with Gasteiger partial charge >= 0.3 is 11.9 Å². The van der Waals surface area contributed by atoms with Crippen LogP contribution in [0.2, 0.25) is 0 Å². The highest BCUT2D eigenvalue weighted by Crippen LogP contribution is 2.08. The van der Waals surface area contributed by atoms with Crippen LogP contribution in [-0.2, 0) is 42.8 Å². The van der Waals surface area contributed by atoms with Gasteiger partial charge in [-0.1, -0.05) is 60.1 Å². The number of rotatable bonds is 14. The lowest BCUT2D eigenvalue weighted by Gasteiger charge is -2.17. The van der Waals surface area contributed by atoms with Gasteiger partial charge < -0.3 is 14.2 Å². The molecule has 2 atom stereocenters. The predicted octanol–water partition coefficient (Wildman–Crippen LogP) is 2.19. The SMILES string of the molecule is CS(=O)(=O)OC(CC#CCOC(=O)c1ccccc1)COCC(CC#CCOC(=O)c1ccccc1)OS(C)(=O)=O. The second-order valence-corrected chi connectivity index (χ2v) is 11.6. The molecule has 0 aliphatic carbocycles. The largest absolute Gasteiger partial charge is 0.449 e. The van der Waals surface area contributed by atoms with Crippen LogP contribution in [0.25, 0.3) is 0 Å². The lowest BCUT2D eigenvalue weighted by atomic mass is 10.2. The molecule has 0 saturated heterocycles. The third-order valence-corrected chi connectivity index (χ3v) is 5.95. The van der Waals surface area contributed by atoms with E-state index in [9.17, 15) is 26.4 Å². The van der Waals surface area contributed by atoms with Crippen LogP contribution >= 0.6 is 0 Å². The van der Waals surface area contributed by atoms with Crippen LogP contribution in [0.5, 0.6) is 0 Å². The van der Waals surface area contributed by atoms with Gasteiger partial charge in [0.05, 0.1) is 36.9 Å². The highest BCUT2D eigenvalue weighted by Gasteiger charge is 2.19. The van der Waals surface area contributed by atoms with E-state index in [1.807, 2.05) is 0 Å². The summed E-state index contributed by atoms with van der Waals surface area (Å²) >= 11 is 0. The molecule has 0 N–H and O–H groups in total. The molecule has 0 aliphatic rings. The molecular weight excluding hydrogens is 576 g/mol. The van der Waals surface area contributed by atoms with Gasteiger partial charge in [0.2, 0.25) is 0 Å². The maximum absolute atomic E-state index is 11.9. The van der Waals surface area contributed by atoms with Gasteiger partial charge in [-0.25, -0.2) is 9.59 Å². The molecule has 0 aromatic heterocycles. The van der Waals surface area contributed by atoms with Crippen LogP contribution in [0.4, 0.5) is 0 Å². The zero-order valence-corrected chi connectivity index (χ0v) is 24.1. The van der Waals surface area contributed by atoms with Crippen molar-refractivity contribution >= 4 is 32.2 Å². The third-order valence-electron chi connectivity index (χ3n) is 4.71. The first-order chi connectivity index (χ1) is 19.4. The molecule has 220 valence electrons. The number of hydrogen-bond acceptors (Lipinski definition) is 11. The van der Waals surface area contributed by atoms with E-state index in [0.717, 1.165) is 12.5 Å². The van der Waals surface area contributed by atoms with Crippen LogP contribution in [0.3, 0.4) is 0 Å². The highest BCUT2D eigenvalue weighted by molar-refractivity contribution is 7.86. The van der Waals surface area contributed by atoms with Crippen molar-refractivity contribution < 1.29 is 49.0 Å². The third kappa shape index (κ3) is 15.6. The Hall–Kier alpha value is -3.72. The Morgan fingerprint density at radius 3 is 1.34 bits per heavy atom. The number of ether oxygens (including phenoxy) is 3. The first-order valence-electron chi connectivity index (χ1n) is 12.1. The van der Waals surface area contributed by atoms with E-state index in [2.05, 4.69) is 23.7 Å². The molecule has 0 fully saturated rings. The molecule has 0 aliphatic heterocycles. The number of carbonyl (C=O) groups excluding carboxylic acids is 2. The average molecular weight is 607 g/mol. The van der Waals surface area contributed by atoms with Crippen molar-refractivity contribution in [2.75, 3.05) is 38.9 Å². The van der Waals surface area contributed by atoms with Crippen LogP contribution < -0.4 is 0 Å². The Morgan fingerprint density at radius 1 is 0.634 bits per heavy atom. The van der Waals surface area contributed by atoms with E-state index in [0.29, 0.717) is 11.1 Å². The minimum Gasteiger partial charge on any atom is -0.449 e. The molecule has 13 heteroatoms. The zero-order valence-electron chi connectivity index (χ0n) is 22.5. The number of esters is 2. The van der Waals surface area contributed by atoms with E-state index < -0.39 is 44.4 Å². The molecule has 0 bridgehead atoms. The molecule has 2 aromatic rings. The number of benzene rings is 2. The van der Waals surface area contributed by atoms with Crippen molar-refractivity contribution in [1.82, 2.24) is 0 Å². The number of carbonyl (C=O) groups is 2. The Labute approximate surface area is 240 Å². The average Bonchev–Trinajstić information content (AvgIpc) is 2.91.